The molecule has 3 rings (SSSR count). The summed E-state index contributed by atoms with van der Waals surface area (Å²) < 4.78 is 45.5. The van der Waals surface area contributed by atoms with Gasteiger partial charge in [-0.3, -0.25) is 24.4 Å². The minimum atomic E-state index is -5.17. The number of hydrogen-bond acceptors (Lipinski definition) is 6. The average Bonchev–Trinajstić information content (AvgIpc) is 2.89. The van der Waals surface area contributed by atoms with Gasteiger partial charge in [-0.1, -0.05) is 67.4 Å². The maximum absolute atomic E-state index is 13.5. The van der Waals surface area contributed by atoms with Crippen LogP contribution in [0.25, 0.3) is 0 Å². The van der Waals surface area contributed by atoms with Crippen molar-refractivity contribution < 1.29 is 32.3 Å². The van der Waals surface area contributed by atoms with E-state index in [1.54, 1.807) is 18.2 Å². The molecular formula is C27H25Cl2F3N4O4. The van der Waals surface area contributed by atoms with Crippen molar-refractivity contribution in [2.24, 2.45) is 5.92 Å². The number of ketones is 1. The number of halogens is 5. The number of Topliss-reactive ketones (excluding diaryl/α,β-unsaturated/α-hetero) is 1. The highest BCUT2D eigenvalue weighted by atomic mass is 35.5. The zero-order chi connectivity index (χ0) is 29.4. The van der Waals surface area contributed by atoms with Crippen molar-refractivity contribution in [2.75, 3.05) is 0 Å². The van der Waals surface area contributed by atoms with Crippen molar-refractivity contribution in [1.82, 2.24) is 20.6 Å². The highest BCUT2D eigenvalue weighted by Crippen LogP contribution is 2.26. The van der Waals surface area contributed by atoms with Crippen LogP contribution in [0.5, 0.6) is 5.75 Å². The fourth-order valence-electron chi connectivity index (χ4n) is 3.70. The highest BCUT2D eigenvalue weighted by molar-refractivity contribution is 6.34. The van der Waals surface area contributed by atoms with E-state index >= 15 is 0 Å². The number of ether oxygens (including phenoxy) is 1. The molecule has 2 aromatic carbocycles. The minimum absolute atomic E-state index is 0.0892. The number of aromatic nitrogens is 2. The first kappa shape index (κ1) is 30.8. The number of hydrogen-bond donors (Lipinski definition) is 2. The third kappa shape index (κ3) is 8.65. The summed E-state index contributed by atoms with van der Waals surface area (Å²) in [6, 6.07) is 8.86. The molecule has 40 heavy (non-hydrogen) atoms. The molecule has 13 heteroatoms. The van der Waals surface area contributed by atoms with Gasteiger partial charge < -0.3 is 15.4 Å². The molecule has 0 aliphatic rings. The zero-order valence-corrected chi connectivity index (χ0v) is 22.8. The smallest absolute Gasteiger partial charge is 0.452 e. The normalized spacial score (nSPS) is 13.7. The predicted molar refractivity (Wildman–Crippen MR) is 142 cm³/mol. The number of carbonyl (C=O) groups excluding carboxylic acids is 3. The first-order valence-electron chi connectivity index (χ1n) is 12.0. The Morgan fingerprint density at radius 3 is 2.15 bits per heavy atom. The Bertz CT molecular complexity index is 1310. The van der Waals surface area contributed by atoms with Crippen LogP contribution in [0, 0.1) is 5.92 Å². The molecule has 0 unspecified atom stereocenters. The van der Waals surface area contributed by atoms with Crippen molar-refractivity contribution in [2.45, 2.75) is 44.6 Å². The Kier molecular flexibility index (Phi) is 10.5. The summed E-state index contributed by atoms with van der Waals surface area (Å²) in [7, 11) is 0. The van der Waals surface area contributed by atoms with Crippen LogP contribution in [-0.2, 0) is 20.8 Å². The van der Waals surface area contributed by atoms with Crippen molar-refractivity contribution in [3.8, 4) is 5.75 Å². The van der Waals surface area contributed by atoms with Crippen LogP contribution in [-0.4, -0.2) is 45.9 Å². The molecule has 0 radical (unpaired) electrons. The number of amides is 2. The molecule has 0 aliphatic carbocycles. The molecule has 0 spiro atoms. The summed E-state index contributed by atoms with van der Waals surface area (Å²) in [5.74, 6) is -4.65. The predicted octanol–water partition coefficient (Wildman–Crippen LogP) is 4.90. The molecule has 3 aromatic rings. The van der Waals surface area contributed by atoms with Gasteiger partial charge in [0, 0.05) is 35.1 Å². The van der Waals surface area contributed by atoms with E-state index in [1.165, 1.54) is 62.8 Å². The molecule has 0 saturated heterocycles. The molecule has 212 valence electrons. The fourth-order valence-corrected chi connectivity index (χ4v) is 4.21. The third-order valence-electron chi connectivity index (χ3n) is 5.63. The van der Waals surface area contributed by atoms with Gasteiger partial charge in [0.2, 0.25) is 5.91 Å². The van der Waals surface area contributed by atoms with Crippen LogP contribution in [0.3, 0.4) is 0 Å². The summed E-state index contributed by atoms with van der Waals surface area (Å²) in [4.78, 5) is 47.0. The van der Waals surface area contributed by atoms with Gasteiger partial charge in [-0.2, -0.15) is 13.2 Å². The zero-order valence-electron chi connectivity index (χ0n) is 21.3. The van der Waals surface area contributed by atoms with Gasteiger partial charge in [0.15, 0.2) is 6.10 Å². The van der Waals surface area contributed by atoms with Crippen LogP contribution < -0.4 is 15.4 Å². The molecule has 0 bridgehead atoms. The number of alkyl halides is 3. The standard InChI is InChI=1S/C27H25Cl2F3N4O4/c1-15(2)22(24(37)27(30,31)32)35-26(39)23(16-6-4-3-5-7-16)36-25(38)21(13-19-14-33-8-9-34-19)40-20-11-17(28)10-18(29)12-20/h3-12,14-15,21-23H,13H2,1-2H3,(H,35,39)(H,36,38)/t21-,22-,23-/m0/s1. The second-order valence-electron chi connectivity index (χ2n) is 9.06. The lowest BCUT2D eigenvalue weighted by Crippen LogP contribution is -2.53. The SMILES string of the molecule is CC(C)[C@H](NC(=O)[C@@H](NC(=O)[C@H](Cc1cnccn1)Oc1cc(Cl)cc(Cl)c1)c1ccccc1)C(=O)C(F)(F)F. The molecule has 1 heterocycles. The Hall–Kier alpha value is -3.70. The van der Waals surface area contributed by atoms with E-state index < -0.39 is 47.9 Å². The summed E-state index contributed by atoms with van der Waals surface area (Å²) in [6.45, 7) is 2.73. The van der Waals surface area contributed by atoms with Crippen molar-refractivity contribution in [3.05, 3.63) is 88.4 Å². The molecular weight excluding hydrogens is 572 g/mol. The van der Waals surface area contributed by atoms with Gasteiger partial charge in [0.05, 0.1) is 11.7 Å². The summed E-state index contributed by atoms with van der Waals surface area (Å²) in [5, 5.41) is 5.19. The first-order valence-corrected chi connectivity index (χ1v) is 12.7. The second kappa shape index (κ2) is 13.6. The Morgan fingerprint density at radius 2 is 1.60 bits per heavy atom. The van der Waals surface area contributed by atoms with Gasteiger partial charge in [0.25, 0.3) is 11.7 Å². The minimum Gasteiger partial charge on any atom is -0.480 e. The second-order valence-corrected chi connectivity index (χ2v) is 9.93. The molecule has 3 atom stereocenters. The molecule has 0 saturated carbocycles. The van der Waals surface area contributed by atoms with Crippen molar-refractivity contribution in [1.29, 1.82) is 0 Å². The van der Waals surface area contributed by atoms with Gasteiger partial charge >= 0.3 is 6.18 Å². The van der Waals surface area contributed by atoms with E-state index in [4.69, 9.17) is 27.9 Å². The maximum atomic E-state index is 13.5. The Labute approximate surface area is 238 Å². The van der Waals surface area contributed by atoms with Gasteiger partial charge in [-0.05, 0) is 29.7 Å². The van der Waals surface area contributed by atoms with Crippen LogP contribution in [0.2, 0.25) is 10.0 Å². The van der Waals surface area contributed by atoms with Crippen molar-refractivity contribution in [3.63, 3.8) is 0 Å². The maximum Gasteiger partial charge on any atom is 0.452 e. The lowest BCUT2D eigenvalue weighted by atomic mass is 9.97. The fraction of sp³-hybridized carbons (Fsp3) is 0.296. The number of nitrogens with zero attached hydrogens (tertiary/aromatic N) is 2. The van der Waals surface area contributed by atoms with Crippen LogP contribution in [0.15, 0.2) is 67.1 Å². The molecule has 2 amide bonds. The number of benzene rings is 2. The molecule has 1 aromatic heterocycles. The van der Waals surface area contributed by atoms with E-state index in [0.717, 1.165) is 0 Å². The lowest BCUT2D eigenvalue weighted by molar-refractivity contribution is -0.175. The molecule has 2 N–H and O–H groups in total. The van der Waals surface area contributed by atoms with Crippen LogP contribution in [0.1, 0.15) is 31.1 Å². The van der Waals surface area contributed by atoms with Gasteiger partial charge in [0.1, 0.15) is 11.8 Å². The summed E-state index contributed by atoms with van der Waals surface area (Å²) in [5.41, 5.74) is 0.645. The topological polar surface area (TPSA) is 110 Å². The van der Waals surface area contributed by atoms with Crippen molar-refractivity contribution >= 4 is 40.8 Å². The Morgan fingerprint density at radius 1 is 0.950 bits per heavy atom. The van der Waals surface area contributed by atoms with E-state index in [2.05, 4.69) is 20.6 Å². The van der Waals surface area contributed by atoms with E-state index in [1.807, 2.05) is 0 Å². The van der Waals surface area contributed by atoms with E-state index in [0.29, 0.717) is 5.69 Å². The molecule has 0 aliphatic heterocycles. The quantitative estimate of drug-likeness (QED) is 0.326. The lowest BCUT2D eigenvalue weighted by Gasteiger charge is -2.27. The van der Waals surface area contributed by atoms with E-state index in [9.17, 15) is 27.6 Å². The monoisotopic (exact) mass is 596 g/mol. The van der Waals surface area contributed by atoms with Crippen LogP contribution >= 0.6 is 23.2 Å². The molecule has 0 fully saturated rings. The number of nitrogens with one attached hydrogen (secondary N) is 2. The highest BCUT2D eigenvalue weighted by Gasteiger charge is 2.45. The van der Waals surface area contributed by atoms with Crippen LogP contribution in [0.4, 0.5) is 13.2 Å². The average molecular weight is 597 g/mol. The van der Waals surface area contributed by atoms with E-state index in [-0.39, 0.29) is 27.8 Å². The molecule has 8 nitrogen and oxygen atoms in total. The number of carbonyl (C=O) groups is 3. The summed E-state index contributed by atoms with van der Waals surface area (Å²) >= 11 is 12.1. The third-order valence-corrected chi connectivity index (χ3v) is 6.06. The summed E-state index contributed by atoms with van der Waals surface area (Å²) in [6.07, 6.45) is -2.26. The Balaban J connectivity index is 1.92. The number of rotatable bonds is 11. The van der Waals surface area contributed by atoms with Gasteiger partial charge in [-0.15, -0.1) is 0 Å². The largest absolute Gasteiger partial charge is 0.480 e. The van der Waals surface area contributed by atoms with Gasteiger partial charge in [-0.25, -0.2) is 0 Å². The first-order chi connectivity index (χ1) is 18.8.